The van der Waals surface area contributed by atoms with Gasteiger partial charge in [0.2, 0.25) is 5.91 Å². The predicted octanol–water partition coefficient (Wildman–Crippen LogP) is 1.16. The smallest absolute Gasteiger partial charge is 0.244 e. The lowest BCUT2D eigenvalue weighted by Crippen LogP contribution is -2.40. The van der Waals surface area contributed by atoms with Crippen LogP contribution in [-0.2, 0) is 16.1 Å². The Hall–Kier alpha value is -1.77. The summed E-state index contributed by atoms with van der Waals surface area (Å²) < 4.78 is 5.09. The zero-order chi connectivity index (χ0) is 16.1. The van der Waals surface area contributed by atoms with Gasteiger partial charge < -0.3 is 15.4 Å². The van der Waals surface area contributed by atoms with Gasteiger partial charge in [0.25, 0.3) is 0 Å². The molecule has 1 amide bonds. The zero-order valence-corrected chi connectivity index (χ0v) is 13.8. The molecule has 0 aliphatic carbocycles. The number of nitrogens with zero attached hydrogens (tertiary/aromatic N) is 3. The second-order valence-electron chi connectivity index (χ2n) is 5.00. The monoisotopic (exact) mass is 323 g/mol. The molecule has 3 N–H and O–H groups in total. The van der Waals surface area contributed by atoms with E-state index in [1.165, 1.54) is 11.3 Å². The molecule has 0 aromatic carbocycles. The van der Waals surface area contributed by atoms with Crippen molar-refractivity contribution in [2.24, 2.45) is 5.73 Å². The van der Waals surface area contributed by atoms with Crippen LogP contribution in [0.4, 0.5) is 0 Å². The first-order valence-corrected chi connectivity index (χ1v) is 7.85. The molecular formula is C14H21N5O2S. The van der Waals surface area contributed by atoms with Gasteiger partial charge in [0.05, 0.1) is 18.8 Å². The third kappa shape index (κ3) is 3.70. The topological polar surface area (TPSA) is 97.1 Å². The molecule has 0 saturated heterocycles. The van der Waals surface area contributed by atoms with Crippen molar-refractivity contribution in [2.45, 2.75) is 26.4 Å². The van der Waals surface area contributed by atoms with Crippen LogP contribution >= 0.6 is 11.3 Å². The second kappa shape index (κ2) is 7.48. The van der Waals surface area contributed by atoms with Crippen molar-refractivity contribution < 1.29 is 9.53 Å². The van der Waals surface area contributed by atoms with Gasteiger partial charge in [-0.3, -0.25) is 9.89 Å². The van der Waals surface area contributed by atoms with Crippen LogP contribution in [0.15, 0.2) is 11.6 Å². The van der Waals surface area contributed by atoms with Crippen molar-refractivity contribution in [1.82, 2.24) is 20.1 Å². The third-order valence-electron chi connectivity index (χ3n) is 3.45. The van der Waals surface area contributed by atoms with E-state index in [9.17, 15) is 4.79 Å². The fourth-order valence-electron chi connectivity index (χ4n) is 2.30. The number of amides is 1. The summed E-state index contributed by atoms with van der Waals surface area (Å²) in [7, 11) is 1.61. The normalized spacial score (nSPS) is 12.4. The molecule has 8 heteroatoms. The van der Waals surface area contributed by atoms with E-state index in [2.05, 4.69) is 15.2 Å². The first-order chi connectivity index (χ1) is 10.5. The zero-order valence-electron chi connectivity index (χ0n) is 13.0. The summed E-state index contributed by atoms with van der Waals surface area (Å²) in [6, 6.07) is -0.740. The number of aryl methyl sites for hydroxylation is 2. The Balaban J connectivity index is 2.17. The van der Waals surface area contributed by atoms with Gasteiger partial charge in [0.1, 0.15) is 11.0 Å². The number of nitrogens with two attached hydrogens (primary N) is 1. The number of H-pyrrole nitrogens is 1. The number of rotatable bonds is 7. The summed E-state index contributed by atoms with van der Waals surface area (Å²) in [6.07, 6.45) is 1.73. The van der Waals surface area contributed by atoms with Crippen molar-refractivity contribution in [3.05, 3.63) is 33.5 Å². The van der Waals surface area contributed by atoms with E-state index in [1.807, 2.05) is 19.2 Å². The van der Waals surface area contributed by atoms with Gasteiger partial charge in [0, 0.05) is 36.5 Å². The molecule has 2 aromatic heterocycles. The Morgan fingerprint density at radius 3 is 2.86 bits per heavy atom. The van der Waals surface area contributed by atoms with Crippen LogP contribution in [0.2, 0.25) is 0 Å². The average molecular weight is 323 g/mol. The van der Waals surface area contributed by atoms with Crippen molar-refractivity contribution >= 4 is 17.2 Å². The van der Waals surface area contributed by atoms with Crippen molar-refractivity contribution in [3.63, 3.8) is 0 Å². The van der Waals surface area contributed by atoms with Gasteiger partial charge in [-0.2, -0.15) is 5.10 Å². The maximum absolute atomic E-state index is 12.8. The van der Waals surface area contributed by atoms with Crippen molar-refractivity contribution in [1.29, 1.82) is 0 Å². The molecule has 0 aliphatic rings. The number of methoxy groups -OCH3 is 1. The van der Waals surface area contributed by atoms with Gasteiger partial charge in [-0.1, -0.05) is 0 Å². The molecular weight excluding hydrogens is 302 g/mol. The number of nitrogens with one attached hydrogen (secondary N) is 1. The van der Waals surface area contributed by atoms with Gasteiger partial charge in [-0.05, 0) is 13.8 Å². The van der Waals surface area contributed by atoms with Gasteiger partial charge in [-0.25, -0.2) is 4.98 Å². The van der Waals surface area contributed by atoms with E-state index in [4.69, 9.17) is 10.5 Å². The number of carbonyl (C=O) groups is 1. The maximum atomic E-state index is 12.8. The van der Waals surface area contributed by atoms with Crippen molar-refractivity contribution in [3.8, 4) is 0 Å². The summed E-state index contributed by atoms with van der Waals surface area (Å²) in [5, 5.41) is 9.73. The number of ether oxygens (including phenoxy) is 1. The second-order valence-corrected chi connectivity index (χ2v) is 5.98. The fraction of sp³-hybridized carbons (Fsp3) is 0.500. The number of hydrogen-bond donors (Lipinski definition) is 2. The molecule has 22 heavy (non-hydrogen) atoms. The average Bonchev–Trinajstić information content (AvgIpc) is 3.12. The molecule has 0 aliphatic heterocycles. The minimum Gasteiger partial charge on any atom is -0.383 e. The summed E-state index contributed by atoms with van der Waals surface area (Å²) in [4.78, 5) is 18.7. The fourth-order valence-corrected chi connectivity index (χ4v) is 2.93. The van der Waals surface area contributed by atoms with Crippen LogP contribution in [0.5, 0.6) is 0 Å². The quantitative estimate of drug-likeness (QED) is 0.797. The summed E-state index contributed by atoms with van der Waals surface area (Å²) in [6.45, 7) is 5.06. The minimum atomic E-state index is -0.740. The highest BCUT2D eigenvalue weighted by atomic mass is 32.1. The molecule has 2 heterocycles. The lowest BCUT2D eigenvalue weighted by Gasteiger charge is -2.25. The number of aromatic amines is 1. The molecule has 0 unspecified atom stereocenters. The van der Waals surface area contributed by atoms with Crippen LogP contribution in [0.1, 0.15) is 28.0 Å². The summed E-state index contributed by atoms with van der Waals surface area (Å²) >= 11 is 1.51. The molecule has 120 valence electrons. The Labute approximate surface area is 133 Å². The van der Waals surface area contributed by atoms with E-state index >= 15 is 0 Å². The molecule has 2 rings (SSSR count). The Kier molecular flexibility index (Phi) is 5.64. The molecule has 2 aromatic rings. The van der Waals surface area contributed by atoms with Crippen LogP contribution in [0.3, 0.4) is 0 Å². The summed E-state index contributed by atoms with van der Waals surface area (Å²) in [5.74, 6) is -0.153. The number of carbonyl (C=O) groups excluding carboxylic acids is 1. The Morgan fingerprint density at radius 2 is 2.32 bits per heavy atom. The number of hydrogen-bond acceptors (Lipinski definition) is 6. The molecule has 0 fully saturated rings. The molecule has 1 atom stereocenters. The molecule has 0 radical (unpaired) electrons. The summed E-state index contributed by atoms with van der Waals surface area (Å²) in [5.41, 5.74) is 8.50. The molecule has 0 spiro atoms. The van der Waals surface area contributed by atoms with Crippen LogP contribution in [-0.4, -0.2) is 46.2 Å². The molecule has 0 bridgehead atoms. The lowest BCUT2D eigenvalue weighted by molar-refractivity contribution is -0.134. The van der Waals surface area contributed by atoms with Crippen LogP contribution < -0.4 is 5.73 Å². The third-order valence-corrected chi connectivity index (χ3v) is 4.21. The van der Waals surface area contributed by atoms with Crippen LogP contribution in [0.25, 0.3) is 0 Å². The molecule has 7 nitrogen and oxygen atoms in total. The number of aromatic nitrogens is 3. The SMILES string of the molecule is COCCN(Cc1nccs1)C(=O)[C@H](N)c1c(C)n[nH]c1C. The maximum Gasteiger partial charge on any atom is 0.244 e. The minimum absolute atomic E-state index is 0.153. The first-order valence-electron chi connectivity index (χ1n) is 6.97. The van der Waals surface area contributed by atoms with E-state index in [0.717, 1.165) is 22.0 Å². The van der Waals surface area contributed by atoms with Gasteiger partial charge >= 0.3 is 0 Å². The largest absolute Gasteiger partial charge is 0.383 e. The van der Waals surface area contributed by atoms with E-state index in [-0.39, 0.29) is 5.91 Å². The van der Waals surface area contributed by atoms with Gasteiger partial charge in [-0.15, -0.1) is 11.3 Å². The van der Waals surface area contributed by atoms with E-state index in [0.29, 0.717) is 19.7 Å². The number of thiazole rings is 1. The van der Waals surface area contributed by atoms with Crippen molar-refractivity contribution in [2.75, 3.05) is 20.3 Å². The first kappa shape index (κ1) is 16.6. The highest BCUT2D eigenvalue weighted by Gasteiger charge is 2.27. The standard InChI is InChI=1S/C14H21N5O2S/c1-9-12(10(2)18-17-9)13(15)14(20)19(5-6-21-3)8-11-16-4-7-22-11/h4,7,13H,5-6,8,15H2,1-3H3,(H,17,18)/t13-/m1/s1. The van der Waals surface area contributed by atoms with E-state index in [1.54, 1.807) is 18.2 Å². The predicted molar refractivity (Wildman–Crippen MR) is 84.4 cm³/mol. The molecule has 0 saturated carbocycles. The van der Waals surface area contributed by atoms with Gasteiger partial charge in [0.15, 0.2) is 0 Å². The lowest BCUT2D eigenvalue weighted by atomic mass is 10.0. The van der Waals surface area contributed by atoms with Crippen LogP contribution in [0, 0.1) is 13.8 Å². The highest BCUT2D eigenvalue weighted by molar-refractivity contribution is 7.09. The highest BCUT2D eigenvalue weighted by Crippen LogP contribution is 2.21. The Morgan fingerprint density at radius 1 is 1.55 bits per heavy atom. The van der Waals surface area contributed by atoms with E-state index < -0.39 is 6.04 Å². The Bertz CT molecular complexity index is 591.